The first-order chi connectivity index (χ1) is 9.24. The highest BCUT2D eigenvalue weighted by Crippen LogP contribution is 2.24. The summed E-state index contributed by atoms with van der Waals surface area (Å²) in [7, 11) is 0. The van der Waals surface area contributed by atoms with Crippen LogP contribution in [0, 0.1) is 0 Å². The van der Waals surface area contributed by atoms with Gasteiger partial charge in [-0.25, -0.2) is 0 Å². The predicted octanol–water partition coefficient (Wildman–Crippen LogP) is 2.74. The van der Waals surface area contributed by atoms with Crippen LogP contribution in [-0.4, -0.2) is 25.0 Å². The zero-order valence-electron chi connectivity index (χ0n) is 11.9. The fourth-order valence-electron chi connectivity index (χ4n) is 2.55. The summed E-state index contributed by atoms with van der Waals surface area (Å²) in [4.78, 5) is 14.4. The Kier molecular flexibility index (Phi) is 5.40. The first-order valence-corrected chi connectivity index (χ1v) is 8.19. The van der Waals surface area contributed by atoms with Crippen molar-refractivity contribution in [1.29, 1.82) is 0 Å². The number of carbonyl (C=O) groups is 1. The van der Waals surface area contributed by atoms with E-state index in [2.05, 4.69) is 30.5 Å². The highest BCUT2D eigenvalue weighted by molar-refractivity contribution is 7.14. The van der Waals surface area contributed by atoms with Crippen molar-refractivity contribution in [3.63, 3.8) is 0 Å². The van der Waals surface area contributed by atoms with Gasteiger partial charge in [0.05, 0.1) is 4.88 Å². The molecule has 1 aliphatic heterocycles. The smallest absolute Gasteiger partial charge is 0.261 e. The van der Waals surface area contributed by atoms with Gasteiger partial charge in [-0.15, -0.1) is 11.3 Å². The number of nitrogens with one attached hydrogen (secondary N) is 2. The largest absolute Gasteiger partial charge is 0.350 e. The third-order valence-corrected chi connectivity index (χ3v) is 4.89. The molecule has 0 bridgehead atoms. The predicted molar refractivity (Wildman–Crippen MR) is 81.0 cm³/mol. The van der Waals surface area contributed by atoms with E-state index in [-0.39, 0.29) is 5.91 Å². The van der Waals surface area contributed by atoms with E-state index < -0.39 is 0 Å². The third kappa shape index (κ3) is 3.80. The number of hydrogen-bond donors (Lipinski definition) is 2. The lowest BCUT2D eigenvalue weighted by Crippen LogP contribution is -2.36. The topological polar surface area (TPSA) is 41.1 Å². The molecule has 4 heteroatoms. The Balaban J connectivity index is 1.93. The lowest BCUT2D eigenvalue weighted by molar-refractivity contribution is 0.0954. The molecule has 1 atom stereocenters. The molecule has 1 unspecified atom stereocenters. The number of amides is 1. The van der Waals surface area contributed by atoms with E-state index in [1.54, 1.807) is 11.3 Å². The van der Waals surface area contributed by atoms with E-state index in [9.17, 15) is 4.79 Å². The highest BCUT2D eigenvalue weighted by atomic mass is 32.1. The molecule has 2 heterocycles. The molecule has 19 heavy (non-hydrogen) atoms. The summed E-state index contributed by atoms with van der Waals surface area (Å²) in [6.07, 6.45) is 5.64. The van der Waals surface area contributed by atoms with Gasteiger partial charge < -0.3 is 10.6 Å². The van der Waals surface area contributed by atoms with Gasteiger partial charge in [-0.1, -0.05) is 20.3 Å². The zero-order valence-corrected chi connectivity index (χ0v) is 12.7. The molecular formula is C15H24N2OS. The van der Waals surface area contributed by atoms with Crippen LogP contribution < -0.4 is 10.6 Å². The summed E-state index contributed by atoms with van der Waals surface area (Å²) >= 11 is 1.67. The molecule has 0 aliphatic carbocycles. The molecule has 0 radical (unpaired) electrons. The molecule has 1 fully saturated rings. The van der Waals surface area contributed by atoms with Crippen molar-refractivity contribution < 1.29 is 4.79 Å². The minimum absolute atomic E-state index is 0.0933. The maximum Gasteiger partial charge on any atom is 0.261 e. The zero-order chi connectivity index (χ0) is 13.7. The molecule has 1 aromatic heterocycles. The molecule has 106 valence electrons. The van der Waals surface area contributed by atoms with Crippen LogP contribution in [0.5, 0.6) is 0 Å². The van der Waals surface area contributed by atoms with Crippen LogP contribution in [0.1, 0.15) is 53.2 Å². The molecule has 0 aromatic carbocycles. The first kappa shape index (κ1) is 14.5. The molecule has 1 aromatic rings. The van der Waals surface area contributed by atoms with E-state index in [0.717, 1.165) is 37.2 Å². The number of hydrogen-bond acceptors (Lipinski definition) is 3. The molecule has 1 aliphatic rings. The standard InChI is InChI=1S/C15H24N2OS/c1-3-6-13-11(4-2)9-14(19-13)15(18)17-10-12-7-5-8-16-12/h9,12,16H,3-8,10H2,1-2H3,(H,17,18). The number of carbonyl (C=O) groups excluding carboxylic acids is 1. The van der Waals surface area contributed by atoms with Crippen LogP contribution in [0.15, 0.2) is 6.07 Å². The van der Waals surface area contributed by atoms with Crippen molar-refractivity contribution >= 4 is 17.2 Å². The maximum atomic E-state index is 12.2. The number of thiophene rings is 1. The number of aryl methyl sites for hydroxylation is 2. The summed E-state index contributed by atoms with van der Waals surface area (Å²) < 4.78 is 0. The van der Waals surface area contributed by atoms with Gasteiger partial charge in [0, 0.05) is 17.5 Å². The lowest BCUT2D eigenvalue weighted by Gasteiger charge is -2.10. The summed E-state index contributed by atoms with van der Waals surface area (Å²) in [6, 6.07) is 2.54. The summed E-state index contributed by atoms with van der Waals surface area (Å²) in [6.45, 7) is 6.18. The highest BCUT2D eigenvalue weighted by Gasteiger charge is 2.17. The fourth-order valence-corrected chi connectivity index (χ4v) is 3.82. The second-order valence-electron chi connectivity index (χ2n) is 5.17. The molecule has 1 amide bonds. The molecule has 1 saturated heterocycles. The van der Waals surface area contributed by atoms with Gasteiger partial charge >= 0.3 is 0 Å². The van der Waals surface area contributed by atoms with E-state index in [1.807, 2.05) is 0 Å². The van der Waals surface area contributed by atoms with Gasteiger partial charge in [0.2, 0.25) is 0 Å². The van der Waals surface area contributed by atoms with Crippen LogP contribution in [0.3, 0.4) is 0 Å². The van der Waals surface area contributed by atoms with Crippen LogP contribution in [-0.2, 0) is 12.8 Å². The van der Waals surface area contributed by atoms with E-state index in [1.165, 1.54) is 23.3 Å². The van der Waals surface area contributed by atoms with Gasteiger partial charge in [-0.05, 0) is 43.9 Å². The van der Waals surface area contributed by atoms with Crippen LogP contribution in [0.4, 0.5) is 0 Å². The van der Waals surface area contributed by atoms with E-state index >= 15 is 0 Å². The van der Waals surface area contributed by atoms with E-state index in [4.69, 9.17) is 0 Å². The summed E-state index contributed by atoms with van der Waals surface area (Å²) in [5.41, 5.74) is 1.34. The Morgan fingerprint density at radius 3 is 3.00 bits per heavy atom. The van der Waals surface area contributed by atoms with Crippen LogP contribution >= 0.6 is 11.3 Å². The van der Waals surface area contributed by atoms with Crippen LogP contribution in [0.25, 0.3) is 0 Å². The van der Waals surface area contributed by atoms with Crippen molar-refractivity contribution in [3.8, 4) is 0 Å². The third-order valence-electron chi connectivity index (χ3n) is 3.65. The minimum atomic E-state index is 0.0933. The van der Waals surface area contributed by atoms with Crippen molar-refractivity contribution in [2.24, 2.45) is 0 Å². The monoisotopic (exact) mass is 280 g/mol. The Morgan fingerprint density at radius 1 is 1.53 bits per heavy atom. The molecule has 0 saturated carbocycles. The normalized spacial score (nSPS) is 18.7. The van der Waals surface area contributed by atoms with Gasteiger partial charge in [-0.2, -0.15) is 0 Å². The van der Waals surface area contributed by atoms with Gasteiger partial charge in [0.15, 0.2) is 0 Å². The van der Waals surface area contributed by atoms with Crippen molar-refractivity contribution in [2.45, 2.75) is 52.0 Å². The van der Waals surface area contributed by atoms with Crippen molar-refractivity contribution in [3.05, 3.63) is 21.4 Å². The Labute approximate surface area is 119 Å². The Bertz CT molecular complexity index is 422. The van der Waals surface area contributed by atoms with Crippen molar-refractivity contribution in [1.82, 2.24) is 10.6 Å². The number of rotatable bonds is 6. The maximum absolute atomic E-state index is 12.2. The second kappa shape index (κ2) is 7.06. The van der Waals surface area contributed by atoms with Crippen LogP contribution in [0.2, 0.25) is 0 Å². The first-order valence-electron chi connectivity index (χ1n) is 7.37. The van der Waals surface area contributed by atoms with E-state index in [0.29, 0.717) is 6.04 Å². The molecule has 0 spiro atoms. The molecular weight excluding hydrogens is 256 g/mol. The fraction of sp³-hybridized carbons (Fsp3) is 0.667. The van der Waals surface area contributed by atoms with Gasteiger partial charge in [-0.3, -0.25) is 4.79 Å². The Morgan fingerprint density at radius 2 is 2.37 bits per heavy atom. The molecule has 2 rings (SSSR count). The second-order valence-corrected chi connectivity index (χ2v) is 6.30. The average Bonchev–Trinajstić information content (AvgIpc) is 3.05. The Hall–Kier alpha value is -0.870. The van der Waals surface area contributed by atoms with Gasteiger partial charge in [0.25, 0.3) is 5.91 Å². The summed E-state index contributed by atoms with van der Waals surface area (Å²) in [5, 5.41) is 6.46. The van der Waals surface area contributed by atoms with Crippen molar-refractivity contribution in [2.75, 3.05) is 13.1 Å². The quantitative estimate of drug-likeness (QED) is 0.841. The molecule has 2 N–H and O–H groups in total. The SMILES string of the molecule is CCCc1sc(C(=O)NCC2CCCN2)cc1CC. The van der Waals surface area contributed by atoms with Gasteiger partial charge in [0.1, 0.15) is 0 Å². The average molecular weight is 280 g/mol. The lowest BCUT2D eigenvalue weighted by atomic mass is 10.1. The minimum Gasteiger partial charge on any atom is -0.350 e. The molecule has 3 nitrogen and oxygen atoms in total. The summed E-state index contributed by atoms with van der Waals surface area (Å²) in [5.74, 6) is 0.0933.